The number of ether oxygens (including phenoxy) is 1. The van der Waals surface area contributed by atoms with E-state index >= 15 is 0 Å². The van der Waals surface area contributed by atoms with Crippen molar-refractivity contribution in [3.8, 4) is 5.75 Å². The topological polar surface area (TPSA) is 145 Å². The molecular weight excluding hydrogens is 478 g/mol. The first-order valence-corrected chi connectivity index (χ1v) is 12.2. The molecule has 3 rings (SSSR count). The summed E-state index contributed by atoms with van der Waals surface area (Å²) < 4.78 is 5.28. The largest absolute Gasteiger partial charge is 0.508 e. The van der Waals surface area contributed by atoms with Gasteiger partial charge < -0.3 is 30.5 Å². The van der Waals surface area contributed by atoms with E-state index in [1.807, 2.05) is 18.2 Å². The van der Waals surface area contributed by atoms with E-state index in [0.717, 1.165) is 5.56 Å². The molecule has 37 heavy (non-hydrogen) atoms. The molecule has 4 N–H and O–H groups in total. The van der Waals surface area contributed by atoms with Crippen LogP contribution < -0.4 is 10.6 Å². The first-order chi connectivity index (χ1) is 17.7. The van der Waals surface area contributed by atoms with Gasteiger partial charge in [0.15, 0.2) is 0 Å². The highest BCUT2D eigenvalue weighted by molar-refractivity contribution is 5.93. The number of likely N-dealkylation sites (tertiary alicyclic amines) is 1. The van der Waals surface area contributed by atoms with Crippen LogP contribution in [0.3, 0.4) is 0 Å². The van der Waals surface area contributed by atoms with E-state index in [-0.39, 0.29) is 24.7 Å². The second-order valence-corrected chi connectivity index (χ2v) is 9.39. The third kappa shape index (κ3) is 7.70. The van der Waals surface area contributed by atoms with E-state index in [1.54, 1.807) is 38.1 Å². The molecule has 3 amide bonds. The van der Waals surface area contributed by atoms with Gasteiger partial charge in [-0.3, -0.25) is 9.59 Å². The first-order valence-electron chi connectivity index (χ1n) is 12.2. The van der Waals surface area contributed by atoms with Gasteiger partial charge in [0.25, 0.3) is 0 Å². The second-order valence-electron chi connectivity index (χ2n) is 9.39. The maximum Gasteiger partial charge on any atom is 0.408 e. The Bertz CT molecular complexity index is 1090. The Morgan fingerprint density at radius 2 is 1.68 bits per heavy atom. The molecular formula is C27H33N3O7. The summed E-state index contributed by atoms with van der Waals surface area (Å²) in [5.41, 5.74) is 1.44. The first kappa shape index (κ1) is 27.5. The predicted molar refractivity (Wildman–Crippen MR) is 135 cm³/mol. The van der Waals surface area contributed by atoms with Gasteiger partial charge in [-0.05, 0) is 42.0 Å². The average Bonchev–Trinajstić information content (AvgIpc) is 3.37. The van der Waals surface area contributed by atoms with Crippen LogP contribution in [0.25, 0.3) is 0 Å². The number of carboxylic acid groups (broad SMARTS) is 1. The lowest BCUT2D eigenvalue weighted by Gasteiger charge is -2.30. The molecule has 0 spiro atoms. The van der Waals surface area contributed by atoms with Crippen LogP contribution in [0.1, 0.15) is 37.8 Å². The minimum Gasteiger partial charge on any atom is -0.508 e. The van der Waals surface area contributed by atoms with E-state index in [1.165, 1.54) is 17.0 Å². The molecule has 1 fully saturated rings. The Morgan fingerprint density at radius 3 is 2.30 bits per heavy atom. The van der Waals surface area contributed by atoms with Crippen molar-refractivity contribution in [2.24, 2.45) is 5.92 Å². The lowest BCUT2D eigenvalue weighted by molar-refractivity contribution is -0.150. The van der Waals surface area contributed by atoms with Gasteiger partial charge in [0.05, 0.1) is 0 Å². The Hall–Kier alpha value is -4.08. The molecule has 10 heteroatoms. The Balaban J connectivity index is 1.74. The summed E-state index contributed by atoms with van der Waals surface area (Å²) in [6, 6.07) is 12.3. The lowest BCUT2D eigenvalue weighted by Crippen LogP contribution is -2.57. The maximum absolute atomic E-state index is 13.4. The SMILES string of the molecule is CC(C)C(NC(=O)C(Cc1ccc(O)cc1)NC(=O)OCc1ccccc1)C(=O)N1CCCC1C(=O)O. The number of phenols is 1. The van der Waals surface area contributed by atoms with E-state index < -0.39 is 42.0 Å². The third-order valence-corrected chi connectivity index (χ3v) is 6.25. The molecule has 1 aliphatic rings. The summed E-state index contributed by atoms with van der Waals surface area (Å²) in [5.74, 6) is -2.42. The molecule has 2 aromatic rings. The van der Waals surface area contributed by atoms with Crippen LogP contribution in [0.5, 0.6) is 5.75 Å². The van der Waals surface area contributed by atoms with Crippen molar-refractivity contribution in [2.75, 3.05) is 6.54 Å². The van der Waals surface area contributed by atoms with E-state index in [2.05, 4.69) is 10.6 Å². The molecule has 1 saturated heterocycles. The van der Waals surface area contributed by atoms with Gasteiger partial charge in [0.1, 0.15) is 30.5 Å². The number of benzene rings is 2. The fourth-order valence-electron chi connectivity index (χ4n) is 4.22. The summed E-state index contributed by atoms with van der Waals surface area (Å²) in [4.78, 5) is 52.1. The zero-order chi connectivity index (χ0) is 26.9. The number of aromatic hydroxyl groups is 1. The number of amides is 3. The summed E-state index contributed by atoms with van der Waals surface area (Å²) in [7, 11) is 0. The van der Waals surface area contributed by atoms with E-state index in [0.29, 0.717) is 24.9 Å². The zero-order valence-corrected chi connectivity index (χ0v) is 20.9. The number of carboxylic acids is 1. The van der Waals surface area contributed by atoms with Crippen molar-refractivity contribution >= 4 is 23.9 Å². The molecule has 0 saturated carbocycles. The highest BCUT2D eigenvalue weighted by Gasteiger charge is 2.39. The molecule has 2 aromatic carbocycles. The second kappa shape index (κ2) is 12.8. The van der Waals surface area contributed by atoms with Crippen molar-refractivity contribution in [1.82, 2.24) is 15.5 Å². The number of carbonyl (C=O) groups excluding carboxylic acids is 3. The molecule has 0 aromatic heterocycles. The van der Waals surface area contributed by atoms with Crippen LogP contribution in [0, 0.1) is 5.92 Å². The summed E-state index contributed by atoms with van der Waals surface area (Å²) >= 11 is 0. The molecule has 198 valence electrons. The molecule has 0 radical (unpaired) electrons. The molecule has 1 heterocycles. The fraction of sp³-hybridized carbons (Fsp3) is 0.407. The summed E-state index contributed by atoms with van der Waals surface area (Å²) in [6.45, 7) is 3.82. The zero-order valence-electron chi connectivity index (χ0n) is 20.9. The highest BCUT2D eigenvalue weighted by atomic mass is 16.5. The monoisotopic (exact) mass is 511 g/mol. The van der Waals surface area contributed by atoms with Gasteiger partial charge in [-0.2, -0.15) is 0 Å². The van der Waals surface area contributed by atoms with Gasteiger partial charge in [-0.1, -0.05) is 56.3 Å². The summed E-state index contributed by atoms with van der Waals surface area (Å²) in [5, 5.41) is 24.4. The molecule has 0 bridgehead atoms. The van der Waals surface area contributed by atoms with E-state index in [9.17, 15) is 29.4 Å². The molecule has 1 aliphatic heterocycles. The number of phenolic OH excluding ortho intramolecular Hbond substituents is 1. The quantitative estimate of drug-likeness (QED) is 0.383. The molecule has 0 aliphatic carbocycles. The summed E-state index contributed by atoms with van der Waals surface area (Å²) in [6.07, 6.45) is 0.200. The van der Waals surface area contributed by atoms with Crippen molar-refractivity contribution in [3.63, 3.8) is 0 Å². The van der Waals surface area contributed by atoms with Crippen LogP contribution in [0.4, 0.5) is 4.79 Å². The Labute approximate surface area is 215 Å². The Kier molecular flexibility index (Phi) is 9.48. The highest BCUT2D eigenvalue weighted by Crippen LogP contribution is 2.21. The van der Waals surface area contributed by atoms with Crippen LogP contribution in [-0.4, -0.2) is 63.7 Å². The minimum absolute atomic E-state index is 0.0128. The lowest BCUT2D eigenvalue weighted by atomic mass is 10.00. The van der Waals surface area contributed by atoms with Crippen molar-refractivity contribution in [1.29, 1.82) is 0 Å². The number of rotatable bonds is 10. The average molecular weight is 512 g/mol. The fourth-order valence-corrected chi connectivity index (χ4v) is 4.22. The maximum atomic E-state index is 13.4. The number of nitrogens with zero attached hydrogens (tertiary/aromatic N) is 1. The normalized spacial score (nSPS) is 16.6. The number of nitrogens with one attached hydrogen (secondary N) is 2. The van der Waals surface area contributed by atoms with Gasteiger partial charge in [-0.15, -0.1) is 0 Å². The van der Waals surface area contributed by atoms with Crippen molar-refractivity contribution < 1.29 is 34.1 Å². The number of carbonyl (C=O) groups is 4. The smallest absolute Gasteiger partial charge is 0.408 e. The van der Waals surface area contributed by atoms with Crippen LogP contribution in [-0.2, 0) is 32.1 Å². The standard InChI is InChI=1S/C27H33N3O7/c1-17(2)23(25(33)30-14-6-9-22(30)26(34)35)29-24(32)21(15-18-10-12-20(31)13-11-18)28-27(36)37-16-19-7-4-3-5-8-19/h3-5,7-8,10-13,17,21-23,31H,6,9,14-16H2,1-2H3,(H,28,36)(H,29,32)(H,34,35). The van der Waals surface area contributed by atoms with Gasteiger partial charge in [0, 0.05) is 13.0 Å². The number of hydrogen-bond acceptors (Lipinski definition) is 6. The van der Waals surface area contributed by atoms with Crippen molar-refractivity contribution in [2.45, 2.75) is 57.8 Å². The predicted octanol–water partition coefficient (Wildman–Crippen LogP) is 2.45. The molecule has 3 atom stereocenters. The minimum atomic E-state index is -1.09. The van der Waals surface area contributed by atoms with Crippen molar-refractivity contribution in [3.05, 3.63) is 65.7 Å². The van der Waals surface area contributed by atoms with Gasteiger partial charge in [-0.25, -0.2) is 9.59 Å². The van der Waals surface area contributed by atoms with Crippen LogP contribution in [0.15, 0.2) is 54.6 Å². The molecule has 10 nitrogen and oxygen atoms in total. The van der Waals surface area contributed by atoms with Crippen LogP contribution >= 0.6 is 0 Å². The molecule has 3 unspecified atom stereocenters. The Morgan fingerprint density at radius 1 is 1.00 bits per heavy atom. The third-order valence-electron chi connectivity index (χ3n) is 6.25. The van der Waals surface area contributed by atoms with Gasteiger partial charge in [0.2, 0.25) is 11.8 Å². The van der Waals surface area contributed by atoms with E-state index in [4.69, 9.17) is 4.74 Å². The number of alkyl carbamates (subject to hydrolysis) is 1. The number of hydrogen-bond donors (Lipinski definition) is 4. The van der Waals surface area contributed by atoms with Crippen LogP contribution in [0.2, 0.25) is 0 Å². The van der Waals surface area contributed by atoms with Gasteiger partial charge >= 0.3 is 12.1 Å². The number of aliphatic carboxylic acids is 1.